The van der Waals surface area contributed by atoms with Gasteiger partial charge in [-0.15, -0.1) is 0 Å². The smallest absolute Gasteiger partial charge is 0.178 e. The van der Waals surface area contributed by atoms with Crippen LogP contribution in [0.5, 0.6) is 0 Å². The van der Waals surface area contributed by atoms with E-state index >= 15 is 0 Å². The summed E-state index contributed by atoms with van der Waals surface area (Å²) in [5.41, 5.74) is 2.17. The maximum atomic E-state index is 9.70. The summed E-state index contributed by atoms with van der Waals surface area (Å²) in [6.07, 6.45) is 2.34. The molecule has 0 saturated carbocycles. The Bertz CT molecular complexity index is 826. The number of aliphatic hydroxyl groups excluding tert-OH is 1. The van der Waals surface area contributed by atoms with Crippen molar-refractivity contribution in [3.8, 4) is 11.5 Å². The second kappa shape index (κ2) is 5.10. The topological polar surface area (TPSA) is 54.2 Å². The number of β-amino-alcohol motifs (C(OH)–C–C–N with tert-alkyl or cyclic N) is 1. The van der Waals surface area contributed by atoms with Gasteiger partial charge in [-0.05, 0) is 24.6 Å². The van der Waals surface area contributed by atoms with Crippen LogP contribution in [0.2, 0.25) is 0 Å². The Hall–Kier alpha value is -2.40. The van der Waals surface area contributed by atoms with Crippen LogP contribution in [0.25, 0.3) is 22.4 Å². The molecule has 5 heteroatoms. The van der Waals surface area contributed by atoms with Gasteiger partial charge in [-0.1, -0.05) is 18.2 Å². The largest absolute Gasteiger partial charge is 0.391 e. The maximum Gasteiger partial charge on any atom is 0.178 e. The Morgan fingerprint density at radius 2 is 2.09 bits per heavy atom. The molecule has 1 saturated heterocycles. The summed E-state index contributed by atoms with van der Waals surface area (Å²) in [5, 5.41) is 10.9. The molecule has 112 valence electrons. The van der Waals surface area contributed by atoms with Crippen LogP contribution >= 0.6 is 0 Å². The van der Waals surface area contributed by atoms with E-state index in [1.54, 1.807) is 6.20 Å². The Morgan fingerprint density at radius 1 is 1.23 bits per heavy atom. The fourth-order valence-corrected chi connectivity index (χ4v) is 3.10. The molecule has 1 atom stereocenters. The van der Waals surface area contributed by atoms with E-state index in [0.29, 0.717) is 6.54 Å². The number of aromatic nitrogens is 3. The van der Waals surface area contributed by atoms with Gasteiger partial charge in [0.25, 0.3) is 0 Å². The summed E-state index contributed by atoms with van der Waals surface area (Å²) in [4.78, 5) is 11.2. The number of aliphatic hydroxyl groups is 1. The van der Waals surface area contributed by atoms with E-state index in [2.05, 4.69) is 32.7 Å². The standard InChI is InChI=1S/C17H18N4O/c1-20-14-5-3-2-4-12(14)10-15(20)17-18-8-6-16(19-17)21-9-7-13(22)11-21/h2-6,8,10,13,22H,7,9,11H2,1H3/t13-/m0/s1. The minimum atomic E-state index is -0.254. The molecule has 1 fully saturated rings. The monoisotopic (exact) mass is 294 g/mol. The third-order valence-electron chi connectivity index (χ3n) is 4.31. The molecule has 0 spiro atoms. The van der Waals surface area contributed by atoms with Crippen LogP contribution in [0.3, 0.4) is 0 Å². The minimum absolute atomic E-state index is 0.254. The predicted octanol–water partition coefficient (Wildman–Crippen LogP) is 2.21. The molecule has 0 aliphatic carbocycles. The third-order valence-corrected chi connectivity index (χ3v) is 4.31. The number of para-hydroxylation sites is 1. The van der Waals surface area contributed by atoms with Crippen LogP contribution in [0.1, 0.15) is 6.42 Å². The molecule has 0 unspecified atom stereocenters. The number of anilines is 1. The van der Waals surface area contributed by atoms with Crippen molar-refractivity contribution in [3.63, 3.8) is 0 Å². The summed E-state index contributed by atoms with van der Waals surface area (Å²) in [7, 11) is 2.04. The Kier molecular flexibility index (Phi) is 3.08. The molecule has 1 aliphatic heterocycles. The van der Waals surface area contributed by atoms with E-state index in [1.165, 1.54) is 10.9 Å². The molecule has 22 heavy (non-hydrogen) atoms. The molecule has 4 rings (SSSR count). The molecule has 0 amide bonds. The number of aryl methyl sites for hydroxylation is 1. The van der Waals surface area contributed by atoms with E-state index in [4.69, 9.17) is 4.98 Å². The predicted molar refractivity (Wildman–Crippen MR) is 86.8 cm³/mol. The average Bonchev–Trinajstić information content (AvgIpc) is 3.12. The van der Waals surface area contributed by atoms with E-state index < -0.39 is 0 Å². The molecule has 3 aromatic rings. The van der Waals surface area contributed by atoms with Gasteiger partial charge in [-0.3, -0.25) is 0 Å². The lowest BCUT2D eigenvalue weighted by Crippen LogP contribution is -2.22. The molecule has 1 aliphatic rings. The van der Waals surface area contributed by atoms with Crippen LogP contribution < -0.4 is 4.90 Å². The molecule has 5 nitrogen and oxygen atoms in total. The first-order valence-corrected chi connectivity index (χ1v) is 7.53. The molecular weight excluding hydrogens is 276 g/mol. The minimum Gasteiger partial charge on any atom is -0.391 e. The first kappa shape index (κ1) is 13.3. The van der Waals surface area contributed by atoms with E-state index in [0.717, 1.165) is 30.3 Å². The van der Waals surface area contributed by atoms with Gasteiger partial charge in [-0.2, -0.15) is 0 Å². The van der Waals surface area contributed by atoms with Crippen molar-refractivity contribution >= 4 is 16.7 Å². The van der Waals surface area contributed by atoms with Gasteiger partial charge in [0, 0.05) is 37.2 Å². The average molecular weight is 294 g/mol. The second-order valence-electron chi connectivity index (χ2n) is 5.77. The second-order valence-corrected chi connectivity index (χ2v) is 5.77. The summed E-state index contributed by atoms with van der Waals surface area (Å²) in [5.74, 6) is 1.60. The van der Waals surface area contributed by atoms with Gasteiger partial charge >= 0.3 is 0 Å². The molecule has 1 N–H and O–H groups in total. The number of hydrogen-bond acceptors (Lipinski definition) is 4. The summed E-state index contributed by atoms with van der Waals surface area (Å²) in [6, 6.07) is 12.3. The summed E-state index contributed by atoms with van der Waals surface area (Å²) < 4.78 is 2.12. The Morgan fingerprint density at radius 3 is 2.86 bits per heavy atom. The zero-order chi connectivity index (χ0) is 15.1. The molecule has 0 bridgehead atoms. The SMILES string of the molecule is Cn1c(-c2nccc(N3CC[C@H](O)C3)n2)cc2ccccc21. The van der Waals surface area contributed by atoms with E-state index in [1.807, 2.05) is 25.2 Å². The number of rotatable bonds is 2. The normalized spacial score (nSPS) is 18.3. The zero-order valence-corrected chi connectivity index (χ0v) is 12.5. The van der Waals surface area contributed by atoms with Crippen molar-refractivity contribution in [2.24, 2.45) is 7.05 Å². The Balaban J connectivity index is 1.77. The quantitative estimate of drug-likeness (QED) is 0.787. The van der Waals surface area contributed by atoms with Gasteiger partial charge in [0.05, 0.1) is 11.8 Å². The lowest BCUT2D eigenvalue weighted by Gasteiger charge is -2.16. The lowest BCUT2D eigenvalue weighted by molar-refractivity contribution is 0.198. The highest BCUT2D eigenvalue weighted by atomic mass is 16.3. The summed E-state index contributed by atoms with van der Waals surface area (Å²) >= 11 is 0. The number of benzene rings is 1. The molecular formula is C17H18N4O. The molecule has 2 aromatic heterocycles. The van der Waals surface area contributed by atoms with Gasteiger partial charge < -0.3 is 14.6 Å². The van der Waals surface area contributed by atoms with Crippen LogP contribution in [0, 0.1) is 0 Å². The van der Waals surface area contributed by atoms with Gasteiger partial charge in [0.1, 0.15) is 5.82 Å². The van der Waals surface area contributed by atoms with Crippen molar-refractivity contribution in [2.75, 3.05) is 18.0 Å². The molecule has 0 radical (unpaired) electrons. The van der Waals surface area contributed by atoms with Crippen molar-refractivity contribution in [1.82, 2.24) is 14.5 Å². The first-order valence-electron chi connectivity index (χ1n) is 7.53. The Labute approximate surface area is 128 Å². The van der Waals surface area contributed by atoms with Crippen LogP contribution in [-0.4, -0.2) is 38.8 Å². The van der Waals surface area contributed by atoms with Gasteiger partial charge in [0.2, 0.25) is 0 Å². The lowest BCUT2D eigenvalue weighted by atomic mass is 10.2. The molecule has 3 heterocycles. The maximum absolute atomic E-state index is 9.70. The van der Waals surface area contributed by atoms with E-state index in [9.17, 15) is 5.11 Å². The van der Waals surface area contributed by atoms with Crippen LogP contribution in [-0.2, 0) is 7.05 Å². The van der Waals surface area contributed by atoms with Gasteiger partial charge in [0.15, 0.2) is 5.82 Å². The number of nitrogens with zero attached hydrogens (tertiary/aromatic N) is 4. The highest BCUT2D eigenvalue weighted by Crippen LogP contribution is 2.26. The van der Waals surface area contributed by atoms with Crippen molar-refractivity contribution in [2.45, 2.75) is 12.5 Å². The molecule has 1 aromatic carbocycles. The first-order chi connectivity index (χ1) is 10.7. The third kappa shape index (κ3) is 2.14. The highest BCUT2D eigenvalue weighted by Gasteiger charge is 2.22. The van der Waals surface area contributed by atoms with Crippen LogP contribution in [0.15, 0.2) is 42.6 Å². The number of hydrogen-bond donors (Lipinski definition) is 1. The van der Waals surface area contributed by atoms with Crippen molar-refractivity contribution < 1.29 is 5.11 Å². The summed E-state index contributed by atoms with van der Waals surface area (Å²) in [6.45, 7) is 1.48. The fourth-order valence-electron chi connectivity index (χ4n) is 3.10. The highest BCUT2D eigenvalue weighted by molar-refractivity contribution is 5.85. The van der Waals surface area contributed by atoms with Crippen molar-refractivity contribution in [3.05, 3.63) is 42.6 Å². The van der Waals surface area contributed by atoms with Gasteiger partial charge in [-0.25, -0.2) is 9.97 Å². The number of fused-ring (bicyclic) bond motifs is 1. The van der Waals surface area contributed by atoms with Crippen LogP contribution in [0.4, 0.5) is 5.82 Å². The zero-order valence-electron chi connectivity index (χ0n) is 12.5. The fraction of sp³-hybridized carbons (Fsp3) is 0.294. The van der Waals surface area contributed by atoms with E-state index in [-0.39, 0.29) is 6.10 Å². The van der Waals surface area contributed by atoms with Crippen molar-refractivity contribution in [1.29, 1.82) is 0 Å².